The number of piperazine rings is 1. The first-order valence-corrected chi connectivity index (χ1v) is 8.19. The number of morpholine rings is 1. The van der Waals surface area contributed by atoms with Crippen LogP contribution >= 0.6 is 0 Å². The van der Waals surface area contributed by atoms with Gasteiger partial charge in [-0.3, -0.25) is 9.69 Å². The maximum atomic E-state index is 13.9. The zero-order valence-corrected chi connectivity index (χ0v) is 13.0. The van der Waals surface area contributed by atoms with Crippen LogP contribution in [0.3, 0.4) is 0 Å². The van der Waals surface area contributed by atoms with Crippen LogP contribution < -0.4 is 4.90 Å². The van der Waals surface area contributed by atoms with E-state index in [2.05, 4.69) is 14.8 Å². The number of hydrogen-bond donors (Lipinski definition) is 0. The Balaban J connectivity index is 1.37. The summed E-state index contributed by atoms with van der Waals surface area (Å²) in [5.74, 6) is 0.353. The Bertz CT molecular complexity index is 593. The molecule has 2 atom stereocenters. The molecule has 1 aromatic heterocycles. The molecule has 0 spiro atoms. The van der Waals surface area contributed by atoms with Crippen LogP contribution in [0.4, 0.5) is 10.2 Å². The molecule has 0 aliphatic carbocycles. The Labute approximate surface area is 134 Å². The molecule has 4 rings (SSSR count). The molecule has 3 saturated heterocycles. The average molecular weight is 320 g/mol. The Hall–Kier alpha value is -1.73. The topological polar surface area (TPSA) is 48.9 Å². The Kier molecular flexibility index (Phi) is 3.90. The summed E-state index contributed by atoms with van der Waals surface area (Å²) in [5, 5.41) is 0. The second-order valence-electron chi connectivity index (χ2n) is 6.43. The van der Waals surface area contributed by atoms with Crippen molar-refractivity contribution in [3.63, 3.8) is 0 Å². The number of amides is 1. The Morgan fingerprint density at radius 3 is 2.83 bits per heavy atom. The molecule has 2 unspecified atom stereocenters. The number of fused-ring (bicyclic) bond motifs is 2. The molecule has 2 bridgehead atoms. The summed E-state index contributed by atoms with van der Waals surface area (Å²) >= 11 is 0. The lowest BCUT2D eigenvalue weighted by Gasteiger charge is -2.36. The summed E-state index contributed by atoms with van der Waals surface area (Å²) in [6, 6.07) is 3.63. The minimum Gasteiger partial charge on any atom is -0.378 e. The predicted octanol–water partition coefficient (Wildman–Crippen LogP) is 0.342. The van der Waals surface area contributed by atoms with E-state index in [1.165, 1.54) is 6.07 Å². The molecule has 0 radical (unpaired) electrons. The molecular formula is C16H21FN4O2. The van der Waals surface area contributed by atoms with Crippen molar-refractivity contribution < 1.29 is 13.9 Å². The molecule has 1 amide bonds. The Morgan fingerprint density at radius 2 is 2.13 bits per heavy atom. The molecule has 7 heteroatoms. The van der Waals surface area contributed by atoms with Gasteiger partial charge in [0.2, 0.25) is 5.91 Å². The highest BCUT2D eigenvalue weighted by atomic mass is 19.1. The predicted molar refractivity (Wildman–Crippen MR) is 82.7 cm³/mol. The van der Waals surface area contributed by atoms with Crippen molar-refractivity contribution in [1.29, 1.82) is 0 Å². The number of likely N-dealkylation sites (tertiary alicyclic amines) is 1. The van der Waals surface area contributed by atoms with Crippen LogP contribution in [0.25, 0.3) is 0 Å². The fourth-order valence-electron chi connectivity index (χ4n) is 3.88. The molecular weight excluding hydrogens is 299 g/mol. The van der Waals surface area contributed by atoms with E-state index in [0.717, 1.165) is 19.5 Å². The summed E-state index contributed by atoms with van der Waals surface area (Å²) in [6.07, 6.45) is 2.61. The van der Waals surface area contributed by atoms with Crippen LogP contribution in [0, 0.1) is 5.82 Å². The van der Waals surface area contributed by atoms with E-state index in [9.17, 15) is 9.18 Å². The van der Waals surface area contributed by atoms with Gasteiger partial charge >= 0.3 is 0 Å². The van der Waals surface area contributed by atoms with Gasteiger partial charge in [-0.05, 0) is 18.6 Å². The standard InChI is InChI=1S/C16H21FN4O2/c17-14-2-1-3-18-16(14)21-10-12-8-13(21)9-20(12)11-15(22)19-4-6-23-7-5-19/h1-3,12-13H,4-11H2. The molecule has 124 valence electrons. The highest BCUT2D eigenvalue weighted by molar-refractivity contribution is 5.78. The molecule has 4 heterocycles. The van der Waals surface area contributed by atoms with Gasteiger partial charge in [-0.1, -0.05) is 0 Å². The molecule has 6 nitrogen and oxygen atoms in total. The largest absolute Gasteiger partial charge is 0.378 e. The number of ether oxygens (including phenoxy) is 1. The number of pyridine rings is 1. The highest BCUT2D eigenvalue weighted by Gasteiger charge is 2.45. The minimum atomic E-state index is -0.268. The van der Waals surface area contributed by atoms with Crippen LogP contribution in [-0.4, -0.2) is 78.7 Å². The van der Waals surface area contributed by atoms with Crippen LogP contribution in [0.2, 0.25) is 0 Å². The van der Waals surface area contributed by atoms with Gasteiger partial charge in [0, 0.05) is 44.5 Å². The number of rotatable bonds is 3. The normalized spacial score (nSPS) is 27.7. The maximum absolute atomic E-state index is 13.9. The third-order valence-corrected chi connectivity index (χ3v) is 5.07. The lowest BCUT2D eigenvalue weighted by Crippen LogP contribution is -2.52. The zero-order valence-electron chi connectivity index (χ0n) is 13.0. The number of anilines is 1. The summed E-state index contributed by atoms with van der Waals surface area (Å²) in [6.45, 7) is 4.64. The van der Waals surface area contributed by atoms with Gasteiger partial charge in [-0.15, -0.1) is 0 Å². The lowest BCUT2D eigenvalue weighted by molar-refractivity contribution is -0.136. The van der Waals surface area contributed by atoms with Crippen LogP contribution in [0.1, 0.15) is 6.42 Å². The number of nitrogens with zero attached hydrogens (tertiary/aromatic N) is 4. The Morgan fingerprint density at radius 1 is 1.30 bits per heavy atom. The van der Waals surface area contributed by atoms with E-state index in [1.54, 1.807) is 12.3 Å². The fraction of sp³-hybridized carbons (Fsp3) is 0.625. The first kappa shape index (κ1) is 14.8. The smallest absolute Gasteiger partial charge is 0.236 e. The molecule has 0 saturated carbocycles. The van der Waals surface area contributed by atoms with Crippen molar-refractivity contribution >= 4 is 11.7 Å². The summed E-state index contributed by atoms with van der Waals surface area (Å²) in [7, 11) is 0. The number of carbonyl (C=O) groups excluding carboxylic acids is 1. The molecule has 1 aromatic rings. The second-order valence-corrected chi connectivity index (χ2v) is 6.43. The molecule has 0 N–H and O–H groups in total. The molecule has 23 heavy (non-hydrogen) atoms. The van der Waals surface area contributed by atoms with Crippen molar-refractivity contribution in [2.45, 2.75) is 18.5 Å². The van der Waals surface area contributed by atoms with Gasteiger partial charge < -0.3 is 14.5 Å². The first-order chi connectivity index (χ1) is 11.2. The van der Waals surface area contributed by atoms with Crippen molar-refractivity contribution in [3.05, 3.63) is 24.1 Å². The van der Waals surface area contributed by atoms with Crippen molar-refractivity contribution in [2.24, 2.45) is 0 Å². The SMILES string of the molecule is O=C(CN1CC2CC1CN2c1ncccc1F)N1CCOCC1. The highest BCUT2D eigenvalue weighted by Crippen LogP contribution is 2.34. The first-order valence-electron chi connectivity index (χ1n) is 8.19. The number of hydrogen-bond acceptors (Lipinski definition) is 5. The fourth-order valence-corrected chi connectivity index (χ4v) is 3.88. The van der Waals surface area contributed by atoms with Gasteiger partial charge in [0.1, 0.15) is 0 Å². The summed E-state index contributed by atoms with van der Waals surface area (Å²) in [4.78, 5) is 22.7. The van der Waals surface area contributed by atoms with E-state index in [-0.39, 0.29) is 17.8 Å². The van der Waals surface area contributed by atoms with E-state index < -0.39 is 0 Å². The van der Waals surface area contributed by atoms with Gasteiger partial charge in [0.25, 0.3) is 0 Å². The van der Waals surface area contributed by atoms with E-state index in [1.807, 2.05) is 4.90 Å². The number of halogens is 1. The summed E-state index contributed by atoms with van der Waals surface area (Å²) in [5.41, 5.74) is 0. The van der Waals surface area contributed by atoms with Crippen molar-refractivity contribution in [3.8, 4) is 0 Å². The number of aromatic nitrogens is 1. The average Bonchev–Trinajstić information content (AvgIpc) is 3.16. The van der Waals surface area contributed by atoms with Gasteiger partial charge in [0.15, 0.2) is 11.6 Å². The van der Waals surface area contributed by atoms with Crippen LogP contribution in [-0.2, 0) is 9.53 Å². The molecule has 3 fully saturated rings. The lowest BCUT2D eigenvalue weighted by atomic mass is 10.2. The minimum absolute atomic E-state index is 0.177. The van der Waals surface area contributed by atoms with Gasteiger partial charge in [-0.2, -0.15) is 0 Å². The van der Waals surface area contributed by atoms with E-state index in [0.29, 0.717) is 44.7 Å². The van der Waals surface area contributed by atoms with Crippen LogP contribution in [0.15, 0.2) is 18.3 Å². The molecule has 0 aromatic carbocycles. The second kappa shape index (κ2) is 6.05. The van der Waals surface area contributed by atoms with E-state index >= 15 is 0 Å². The molecule has 3 aliphatic rings. The van der Waals surface area contributed by atoms with E-state index in [4.69, 9.17) is 4.74 Å². The quantitative estimate of drug-likeness (QED) is 0.804. The zero-order chi connectivity index (χ0) is 15.8. The third-order valence-electron chi connectivity index (χ3n) is 5.07. The monoisotopic (exact) mass is 320 g/mol. The van der Waals surface area contributed by atoms with Crippen molar-refractivity contribution in [2.75, 3.05) is 50.8 Å². The molecule has 3 aliphatic heterocycles. The summed E-state index contributed by atoms with van der Waals surface area (Å²) < 4.78 is 19.2. The number of carbonyl (C=O) groups is 1. The third kappa shape index (κ3) is 2.79. The van der Waals surface area contributed by atoms with Gasteiger partial charge in [-0.25, -0.2) is 9.37 Å². The van der Waals surface area contributed by atoms with Gasteiger partial charge in [0.05, 0.1) is 19.8 Å². The van der Waals surface area contributed by atoms with Crippen LogP contribution in [0.5, 0.6) is 0 Å². The maximum Gasteiger partial charge on any atom is 0.236 e. The van der Waals surface area contributed by atoms with Crippen molar-refractivity contribution in [1.82, 2.24) is 14.8 Å².